The maximum absolute atomic E-state index is 10.0. The number of nitrogens with one attached hydrogen (secondary N) is 1. The van der Waals surface area contributed by atoms with Crippen LogP contribution < -0.4 is 5.73 Å². The first-order valence-corrected chi connectivity index (χ1v) is 4.37. The van der Waals surface area contributed by atoms with Gasteiger partial charge in [-0.25, -0.2) is 0 Å². The summed E-state index contributed by atoms with van der Waals surface area (Å²) in [5.74, 6) is -0.910. The highest BCUT2D eigenvalue weighted by Gasteiger charge is 2.14. The van der Waals surface area contributed by atoms with Crippen molar-refractivity contribution in [3.63, 3.8) is 0 Å². The monoisotopic (exact) mass is 210 g/mol. The SMILES string of the molecule is CC(C)[C@H](N)C(=O)O.N#Cc1cc[nH]n1. The number of carbonyl (C=O) groups is 1. The van der Waals surface area contributed by atoms with Crippen LogP contribution in [0.15, 0.2) is 12.3 Å². The molecule has 0 fully saturated rings. The molecule has 15 heavy (non-hydrogen) atoms. The summed E-state index contributed by atoms with van der Waals surface area (Å²) in [7, 11) is 0. The van der Waals surface area contributed by atoms with E-state index in [1.165, 1.54) is 0 Å². The second-order valence-corrected chi connectivity index (χ2v) is 3.18. The summed E-state index contributed by atoms with van der Waals surface area (Å²) in [5.41, 5.74) is 5.59. The van der Waals surface area contributed by atoms with Crippen molar-refractivity contribution in [2.24, 2.45) is 11.7 Å². The van der Waals surface area contributed by atoms with Gasteiger partial charge in [-0.15, -0.1) is 0 Å². The highest BCUT2D eigenvalue weighted by molar-refractivity contribution is 5.73. The predicted molar refractivity (Wildman–Crippen MR) is 53.8 cm³/mol. The average molecular weight is 210 g/mol. The third kappa shape index (κ3) is 5.44. The molecule has 0 saturated carbocycles. The van der Waals surface area contributed by atoms with Gasteiger partial charge in [0.05, 0.1) is 0 Å². The van der Waals surface area contributed by atoms with E-state index in [-0.39, 0.29) is 5.92 Å². The minimum atomic E-state index is -0.931. The molecule has 6 nitrogen and oxygen atoms in total. The first-order valence-electron chi connectivity index (χ1n) is 4.37. The van der Waals surface area contributed by atoms with Crippen LogP contribution in [0, 0.1) is 17.2 Å². The molecule has 0 amide bonds. The largest absolute Gasteiger partial charge is 0.480 e. The summed E-state index contributed by atoms with van der Waals surface area (Å²) in [5, 5.41) is 22.4. The van der Waals surface area contributed by atoms with E-state index >= 15 is 0 Å². The van der Waals surface area contributed by atoms with Gasteiger partial charge in [0.1, 0.15) is 12.1 Å². The Kier molecular flexibility index (Phi) is 5.75. The first kappa shape index (κ1) is 13.1. The van der Waals surface area contributed by atoms with Crippen LogP contribution >= 0.6 is 0 Å². The Labute approximate surface area is 87.7 Å². The molecule has 4 N–H and O–H groups in total. The van der Waals surface area contributed by atoms with Crippen LogP contribution in [0.1, 0.15) is 19.5 Å². The molecule has 1 atom stereocenters. The zero-order valence-corrected chi connectivity index (χ0v) is 8.64. The highest BCUT2D eigenvalue weighted by atomic mass is 16.4. The fraction of sp³-hybridized carbons (Fsp3) is 0.444. The van der Waals surface area contributed by atoms with Crippen LogP contribution in [0.5, 0.6) is 0 Å². The van der Waals surface area contributed by atoms with Gasteiger partial charge in [0.25, 0.3) is 0 Å². The van der Waals surface area contributed by atoms with Gasteiger partial charge in [-0.3, -0.25) is 9.89 Å². The van der Waals surface area contributed by atoms with Gasteiger partial charge in [0.2, 0.25) is 0 Å². The number of hydrogen-bond acceptors (Lipinski definition) is 4. The van der Waals surface area contributed by atoms with E-state index in [0.717, 1.165) is 0 Å². The fourth-order valence-electron chi connectivity index (χ4n) is 0.608. The van der Waals surface area contributed by atoms with Crippen LogP contribution in [-0.2, 0) is 4.79 Å². The van der Waals surface area contributed by atoms with Gasteiger partial charge in [-0.05, 0) is 12.0 Å². The summed E-state index contributed by atoms with van der Waals surface area (Å²) < 4.78 is 0. The Bertz CT molecular complexity index is 326. The lowest BCUT2D eigenvalue weighted by Crippen LogP contribution is -2.34. The van der Waals surface area contributed by atoms with Gasteiger partial charge >= 0.3 is 5.97 Å². The zero-order chi connectivity index (χ0) is 11.8. The van der Waals surface area contributed by atoms with Crippen molar-refractivity contribution in [3.8, 4) is 6.07 Å². The topological polar surface area (TPSA) is 116 Å². The summed E-state index contributed by atoms with van der Waals surface area (Å²) >= 11 is 0. The second-order valence-electron chi connectivity index (χ2n) is 3.18. The maximum Gasteiger partial charge on any atom is 0.320 e. The summed E-state index contributed by atoms with van der Waals surface area (Å²) in [6.45, 7) is 3.55. The number of aliphatic carboxylic acids is 1. The number of aromatic nitrogens is 2. The molecule has 0 bridgehead atoms. The molecule has 1 rings (SSSR count). The molecular weight excluding hydrogens is 196 g/mol. The zero-order valence-electron chi connectivity index (χ0n) is 8.64. The second kappa shape index (κ2) is 6.56. The van der Waals surface area contributed by atoms with E-state index in [4.69, 9.17) is 16.1 Å². The van der Waals surface area contributed by atoms with Crippen LogP contribution in [0.3, 0.4) is 0 Å². The van der Waals surface area contributed by atoms with Crippen molar-refractivity contribution < 1.29 is 9.90 Å². The first-order chi connectivity index (χ1) is 6.99. The molecular formula is C9H14N4O2. The molecule has 1 aromatic rings. The smallest absolute Gasteiger partial charge is 0.320 e. The number of nitrogens with two attached hydrogens (primary N) is 1. The highest BCUT2D eigenvalue weighted by Crippen LogP contribution is 1.96. The van der Waals surface area contributed by atoms with E-state index < -0.39 is 12.0 Å². The van der Waals surface area contributed by atoms with Gasteiger partial charge in [0, 0.05) is 6.20 Å². The molecule has 6 heteroatoms. The number of nitrogens with zero attached hydrogens (tertiary/aromatic N) is 2. The van der Waals surface area contributed by atoms with Crippen molar-refractivity contribution in [1.29, 1.82) is 5.26 Å². The summed E-state index contributed by atoms with van der Waals surface area (Å²) in [6, 6.07) is 2.76. The lowest BCUT2D eigenvalue weighted by Gasteiger charge is -2.07. The minimum absolute atomic E-state index is 0.0208. The van der Waals surface area contributed by atoms with Crippen LogP contribution in [0.2, 0.25) is 0 Å². The third-order valence-corrected chi connectivity index (χ3v) is 1.62. The molecule has 0 unspecified atom stereocenters. The number of carboxylic acid groups (broad SMARTS) is 1. The summed E-state index contributed by atoms with van der Waals surface area (Å²) in [6.07, 6.45) is 1.61. The van der Waals surface area contributed by atoms with Crippen LogP contribution in [0.4, 0.5) is 0 Å². The van der Waals surface area contributed by atoms with E-state index in [9.17, 15) is 4.79 Å². The van der Waals surface area contributed by atoms with E-state index in [1.807, 2.05) is 6.07 Å². The molecule has 1 aromatic heterocycles. The number of nitriles is 1. The quantitative estimate of drug-likeness (QED) is 0.650. The van der Waals surface area contributed by atoms with Crippen molar-refractivity contribution in [1.82, 2.24) is 10.2 Å². The van der Waals surface area contributed by atoms with Crippen molar-refractivity contribution in [2.45, 2.75) is 19.9 Å². The van der Waals surface area contributed by atoms with Gasteiger partial charge < -0.3 is 10.8 Å². The predicted octanol–water partition coefficient (Wildman–Crippen LogP) is 0.336. The van der Waals surface area contributed by atoms with Crippen LogP contribution in [0.25, 0.3) is 0 Å². The molecule has 0 saturated heterocycles. The van der Waals surface area contributed by atoms with Crippen molar-refractivity contribution >= 4 is 5.97 Å². The molecule has 0 spiro atoms. The lowest BCUT2D eigenvalue weighted by atomic mass is 10.1. The summed E-state index contributed by atoms with van der Waals surface area (Å²) in [4.78, 5) is 10.0. The van der Waals surface area contributed by atoms with Crippen LogP contribution in [-0.4, -0.2) is 27.3 Å². The van der Waals surface area contributed by atoms with E-state index in [0.29, 0.717) is 5.69 Å². The van der Waals surface area contributed by atoms with E-state index in [2.05, 4.69) is 10.2 Å². The Hall–Kier alpha value is -1.87. The number of rotatable bonds is 2. The average Bonchev–Trinajstić information content (AvgIpc) is 2.69. The van der Waals surface area contributed by atoms with Crippen molar-refractivity contribution in [3.05, 3.63) is 18.0 Å². The van der Waals surface area contributed by atoms with Gasteiger partial charge in [0.15, 0.2) is 5.69 Å². The number of hydrogen-bond donors (Lipinski definition) is 3. The Morgan fingerprint density at radius 2 is 2.33 bits per heavy atom. The molecule has 82 valence electrons. The molecule has 0 aliphatic carbocycles. The Balaban J connectivity index is 0.000000262. The number of carboxylic acids is 1. The number of aromatic amines is 1. The lowest BCUT2D eigenvalue weighted by molar-refractivity contribution is -0.139. The molecule has 0 aliphatic heterocycles. The van der Waals surface area contributed by atoms with Gasteiger partial charge in [-0.1, -0.05) is 13.8 Å². The third-order valence-electron chi connectivity index (χ3n) is 1.62. The minimum Gasteiger partial charge on any atom is -0.480 e. The Morgan fingerprint density at radius 1 is 1.73 bits per heavy atom. The van der Waals surface area contributed by atoms with Crippen molar-refractivity contribution in [2.75, 3.05) is 0 Å². The molecule has 0 radical (unpaired) electrons. The molecule has 0 aliphatic rings. The fourth-order valence-corrected chi connectivity index (χ4v) is 0.608. The molecule has 1 heterocycles. The normalized spacial score (nSPS) is 11.1. The standard InChI is InChI=1S/C5H11NO2.C4H3N3/c1-3(2)4(6)5(7)8;5-3-4-1-2-6-7-4/h3-4H,6H2,1-2H3,(H,7,8);1-2H,(H,6,7)/t4-;/m0./s1. The van der Waals surface area contributed by atoms with E-state index in [1.54, 1.807) is 26.1 Å². The number of H-pyrrole nitrogens is 1. The maximum atomic E-state index is 10.0. The molecule has 0 aromatic carbocycles. The Morgan fingerprint density at radius 3 is 2.47 bits per heavy atom. The van der Waals surface area contributed by atoms with Gasteiger partial charge in [-0.2, -0.15) is 10.4 Å².